The van der Waals surface area contributed by atoms with Crippen LogP contribution in [-0.2, 0) is 14.3 Å². The third kappa shape index (κ3) is 1.75. The van der Waals surface area contributed by atoms with E-state index in [1.165, 1.54) is 7.11 Å². The molecule has 5 heteroatoms. The SMILES string of the molecule is COC(=O)C1(C2(O)CCCSC2)CCOC1. The van der Waals surface area contributed by atoms with Crippen LogP contribution in [0, 0.1) is 5.41 Å². The highest BCUT2D eigenvalue weighted by Crippen LogP contribution is 2.47. The third-order valence-corrected chi connectivity index (χ3v) is 4.97. The Morgan fingerprint density at radius 1 is 1.50 bits per heavy atom. The highest BCUT2D eigenvalue weighted by atomic mass is 32.2. The molecule has 2 atom stereocenters. The van der Waals surface area contributed by atoms with Crippen molar-refractivity contribution in [1.82, 2.24) is 0 Å². The number of esters is 1. The normalized spacial score (nSPS) is 39.6. The zero-order chi connectivity index (χ0) is 11.6. The first-order chi connectivity index (χ1) is 7.65. The van der Waals surface area contributed by atoms with Crippen molar-refractivity contribution in [2.75, 3.05) is 31.8 Å². The summed E-state index contributed by atoms with van der Waals surface area (Å²) >= 11 is 1.70. The topological polar surface area (TPSA) is 55.8 Å². The van der Waals surface area contributed by atoms with Crippen molar-refractivity contribution in [3.05, 3.63) is 0 Å². The van der Waals surface area contributed by atoms with Crippen molar-refractivity contribution in [3.8, 4) is 0 Å². The molecule has 0 amide bonds. The molecule has 0 aliphatic carbocycles. The summed E-state index contributed by atoms with van der Waals surface area (Å²) in [4.78, 5) is 12.0. The molecular formula is C11H18O4S. The Morgan fingerprint density at radius 3 is 2.81 bits per heavy atom. The number of methoxy groups -OCH3 is 1. The predicted octanol–water partition coefficient (Wildman–Crippen LogP) is 0.824. The van der Waals surface area contributed by atoms with Gasteiger partial charge in [0.15, 0.2) is 0 Å². The summed E-state index contributed by atoms with van der Waals surface area (Å²) in [6.45, 7) is 0.818. The van der Waals surface area contributed by atoms with Crippen LogP contribution >= 0.6 is 11.8 Å². The average Bonchev–Trinajstić information content (AvgIpc) is 2.80. The van der Waals surface area contributed by atoms with Crippen LogP contribution in [0.15, 0.2) is 0 Å². The van der Waals surface area contributed by atoms with Crippen LogP contribution in [0.5, 0.6) is 0 Å². The summed E-state index contributed by atoms with van der Waals surface area (Å²) in [6, 6.07) is 0. The van der Waals surface area contributed by atoms with E-state index in [0.717, 1.165) is 12.2 Å². The van der Waals surface area contributed by atoms with E-state index in [2.05, 4.69) is 0 Å². The lowest BCUT2D eigenvalue weighted by Gasteiger charge is -2.43. The Labute approximate surface area is 99.7 Å². The molecule has 0 radical (unpaired) electrons. The zero-order valence-electron chi connectivity index (χ0n) is 9.53. The Balaban J connectivity index is 2.27. The summed E-state index contributed by atoms with van der Waals surface area (Å²) in [7, 11) is 1.38. The smallest absolute Gasteiger partial charge is 0.317 e. The lowest BCUT2D eigenvalue weighted by molar-refractivity contribution is -0.171. The van der Waals surface area contributed by atoms with Gasteiger partial charge in [-0.2, -0.15) is 11.8 Å². The quantitative estimate of drug-likeness (QED) is 0.731. The fourth-order valence-electron chi connectivity index (χ4n) is 2.64. The van der Waals surface area contributed by atoms with Gasteiger partial charge in [0.1, 0.15) is 5.41 Å². The molecule has 0 bridgehead atoms. The van der Waals surface area contributed by atoms with Gasteiger partial charge in [-0.15, -0.1) is 0 Å². The first-order valence-electron chi connectivity index (χ1n) is 5.61. The second kappa shape index (κ2) is 4.55. The van der Waals surface area contributed by atoms with Crippen LogP contribution in [0.25, 0.3) is 0 Å². The third-order valence-electron chi connectivity index (χ3n) is 3.71. The first-order valence-corrected chi connectivity index (χ1v) is 6.76. The fraction of sp³-hybridized carbons (Fsp3) is 0.909. The van der Waals surface area contributed by atoms with Crippen molar-refractivity contribution in [2.24, 2.45) is 5.41 Å². The van der Waals surface area contributed by atoms with Crippen LogP contribution in [-0.4, -0.2) is 48.5 Å². The van der Waals surface area contributed by atoms with Gasteiger partial charge in [-0.3, -0.25) is 4.79 Å². The average molecular weight is 246 g/mol. The van der Waals surface area contributed by atoms with Crippen molar-refractivity contribution < 1.29 is 19.4 Å². The molecular weight excluding hydrogens is 228 g/mol. The molecule has 0 aromatic heterocycles. The van der Waals surface area contributed by atoms with Gasteiger partial charge in [0.05, 0.1) is 19.3 Å². The maximum Gasteiger partial charge on any atom is 0.317 e. The van der Waals surface area contributed by atoms with E-state index in [-0.39, 0.29) is 12.6 Å². The molecule has 1 N–H and O–H groups in total. The number of ether oxygens (including phenoxy) is 2. The molecule has 2 aliphatic rings. The Hall–Kier alpha value is -0.260. The molecule has 16 heavy (non-hydrogen) atoms. The molecule has 2 saturated heterocycles. The van der Waals surface area contributed by atoms with E-state index >= 15 is 0 Å². The van der Waals surface area contributed by atoms with E-state index < -0.39 is 11.0 Å². The minimum Gasteiger partial charge on any atom is -0.468 e. The minimum absolute atomic E-state index is 0.288. The second-order valence-corrected chi connectivity index (χ2v) is 5.67. The maximum absolute atomic E-state index is 12.0. The maximum atomic E-state index is 12.0. The van der Waals surface area contributed by atoms with Gasteiger partial charge in [-0.05, 0) is 25.0 Å². The number of carbonyl (C=O) groups excluding carboxylic acids is 1. The minimum atomic E-state index is -0.959. The zero-order valence-corrected chi connectivity index (χ0v) is 10.3. The van der Waals surface area contributed by atoms with Gasteiger partial charge < -0.3 is 14.6 Å². The van der Waals surface area contributed by atoms with Crippen molar-refractivity contribution in [1.29, 1.82) is 0 Å². The summed E-state index contributed by atoms with van der Waals surface area (Å²) in [5, 5.41) is 10.7. The number of aliphatic hydroxyl groups is 1. The molecule has 2 heterocycles. The summed E-state index contributed by atoms with van der Waals surface area (Å²) in [5.41, 5.74) is -1.80. The van der Waals surface area contributed by atoms with E-state index in [1.807, 2.05) is 0 Å². The lowest BCUT2D eigenvalue weighted by atomic mass is 9.69. The number of hydrogen-bond donors (Lipinski definition) is 1. The number of hydrogen-bond acceptors (Lipinski definition) is 5. The van der Waals surface area contributed by atoms with Gasteiger partial charge in [-0.1, -0.05) is 0 Å². The van der Waals surface area contributed by atoms with E-state index in [1.54, 1.807) is 11.8 Å². The molecule has 2 unspecified atom stereocenters. The Bertz CT molecular complexity index is 267. The Kier molecular flexibility index (Phi) is 3.47. The van der Waals surface area contributed by atoms with E-state index in [9.17, 15) is 9.90 Å². The monoisotopic (exact) mass is 246 g/mol. The highest BCUT2D eigenvalue weighted by Gasteiger charge is 2.59. The van der Waals surface area contributed by atoms with Crippen LogP contribution in [0.3, 0.4) is 0 Å². The molecule has 2 rings (SSSR count). The van der Waals surface area contributed by atoms with Gasteiger partial charge in [-0.25, -0.2) is 0 Å². The van der Waals surface area contributed by atoms with Crippen LogP contribution in [0.2, 0.25) is 0 Å². The summed E-state index contributed by atoms with van der Waals surface area (Å²) in [6.07, 6.45) is 2.18. The Morgan fingerprint density at radius 2 is 2.31 bits per heavy atom. The van der Waals surface area contributed by atoms with Crippen molar-refractivity contribution in [3.63, 3.8) is 0 Å². The molecule has 0 aromatic rings. The van der Waals surface area contributed by atoms with Crippen LogP contribution < -0.4 is 0 Å². The fourth-order valence-corrected chi connectivity index (χ4v) is 3.89. The van der Waals surface area contributed by atoms with E-state index in [0.29, 0.717) is 25.2 Å². The van der Waals surface area contributed by atoms with Gasteiger partial charge in [0.2, 0.25) is 0 Å². The van der Waals surface area contributed by atoms with Crippen LogP contribution in [0.4, 0.5) is 0 Å². The van der Waals surface area contributed by atoms with Gasteiger partial charge in [0, 0.05) is 12.4 Å². The largest absolute Gasteiger partial charge is 0.468 e. The lowest BCUT2D eigenvalue weighted by Crippen LogP contribution is -2.57. The molecule has 0 saturated carbocycles. The van der Waals surface area contributed by atoms with Gasteiger partial charge in [0.25, 0.3) is 0 Å². The number of rotatable bonds is 2. The molecule has 4 nitrogen and oxygen atoms in total. The van der Waals surface area contributed by atoms with E-state index in [4.69, 9.17) is 9.47 Å². The first kappa shape index (κ1) is 12.2. The molecule has 2 aliphatic heterocycles. The summed E-state index contributed by atoms with van der Waals surface area (Å²) < 4.78 is 10.2. The standard InChI is InChI=1S/C11H18O4S/c1-14-9(12)10(4-5-15-7-10)11(13)3-2-6-16-8-11/h13H,2-8H2,1H3. The van der Waals surface area contributed by atoms with Crippen molar-refractivity contribution >= 4 is 17.7 Å². The second-order valence-electron chi connectivity index (χ2n) is 4.56. The molecule has 2 fully saturated rings. The van der Waals surface area contributed by atoms with Crippen LogP contribution in [0.1, 0.15) is 19.3 Å². The number of carbonyl (C=O) groups is 1. The molecule has 0 spiro atoms. The van der Waals surface area contributed by atoms with Gasteiger partial charge >= 0.3 is 5.97 Å². The summed E-state index contributed by atoms with van der Waals surface area (Å²) in [5.74, 6) is 1.33. The molecule has 0 aromatic carbocycles. The highest BCUT2D eigenvalue weighted by molar-refractivity contribution is 7.99. The predicted molar refractivity (Wildman–Crippen MR) is 61.4 cm³/mol. The number of thioether (sulfide) groups is 1. The van der Waals surface area contributed by atoms with Crippen molar-refractivity contribution in [2.45, 2.75) is 24.9 Å². The molecule has 92 valence electrons.